The van der Waals surface area contributed by atoms with Gasteiger partial charge in [-0.1, -0.05) is 11.6 Å². The number of anilines is 1. The Bertz CT molecular complexity index is 1020. The van der Waals surface area contributed by atoms with Crippen LogP contribution in [0.2, 0.25) is 5.02 Å². The van der Waals surface area contributed by atoms with Gasteiger partial charge in [-0.2, -0.15) is 4.98 Å². The Morgan fingerprint density at radius 1 is 1.07 bits per heavy atom. The highest BCUT2D eigenvalue weighted by Gasteiger charge is 2.17. The lowest BCUT2D eigenvalue weighted by molar-refractivity contribution is 0.0636. The standard InChI is InChI=1S/C21H21ClN4O3/c1-13-11-18(26-19(24-13)14-7-9-23-10-8-14)28-17-6-5-15(12-16(17)22)25-20(27)29-21(2,3)4/h5-12H,1-4H3,(H,25,27). The zero-order valence-electron chi connectivity index (χ0n) is 16.6. The Morgan fingerprint density at radius 3 is 2.45 bits per heavy atom. The van der Waals surface area contributed by atoms with Crippen LogP contribution in [0.25, 0.3) is 11.4 Å². The summed E-state index contributed by atoms with van der Waals surface area (Å²) in [7, 11) is 0. The molecule has 0 spiro atoms. The first-order valence-electron chi connectivity index (χ1n) is 8.93. The average molecular weight is 413 g/mol. The topological polar surface area (TPSA) is 86.2 Å². The number of amides is 1. The van der Waals surface area contributed by atoms with Gasteiger partial charge in [-0.3, -0.25) is 10.3 Å². The van der Waals surface area contributed by atoms with E-state index in [1.54, 1.807) is 57.4 Å². The summed E-state index contributed by atoms with van der Waals surface area (Å²) in [6, 6.07) is 10.3. The summed E-state index contributed by atoms with van der Waals surface area (Å²) in [5, 5.41) is 2.96. The molecule has 3 rings (SSSR count). The van der Waals surface area contributed by atoms with E-state index in [2.05, 4.69) is 20.3 Å². The number of nitrogens with zero attached hydrogens (tertiary/aromatic N) is 3. The quantitative estimate of drug-likeness (QED) is 0.596. The van der Waals surface area contributed by atoms with E-state index in [1.807, 2.05) is 19.1 Å². The van der Waals surface area contributed by atoms with E-state index in [4.69, 9.17) is 21.1 Å². The Hall–Kier alpha value is -3.19. The van der Waals surface area contributed by atoms with Crippen LogP contribution < -0.4 is 10.1 Å². The van der Waals surface area contributed by atoms with Crippen molar-refractivity contribution in [3.05, 3.63) is 59.5 Å². The van der Waals surface area contributed by atoms with Gasteiger partial charge in [0.05, 0.1) is 5.02 Å². The minimum Gasteiger partial charge on any atom is -0.444 e. The van der Waals surface area contributed by atoms with Gasteiger partial charge < -0.3 is 9.47 Å². The largest absolute Gasteiger partial charge is 0.444 e. The van der Waals surface area contributed by atoms with Crippen molar-refractivity contribution in [2.75, 3.05) is 5.32 Å². The number of aromatic nitrogens is 3. The highest BCUT2D eigenvalue weighted by Crippen LogP contribution is 2.32. The van der Waals surface area contributed by atoms with E-state index < -0.39 is 11.7 Å². The Balaban J connectivity index is 1.77. The van der Waals surface area contributed by atoms with Crippen LogP contribution in [0.15, 0.2) is 48.8 Å². The van der Waals surface area contributed by atoms with Gasteiger partial charge in [0.2, 0.25) is 5.88 Å². The Morgan fingerprint density at radius 2 is 1.79 bits per heavy atom. The normalized spacial score (nSPS) is 11.1. The zero-order chi connectivity index (χ0) is 21.0. The van der Waals surface area contributed by atoms with E-state index in [1.165, 1.54) is 0 Å². The molecule has 0 atom stereocenters. The maximum atomic E-state index is 11.9. The summed E-state index contributed by atoms with van der Waals surface area (Å²) in [6.45, 7) is 7.23. The summed E-state index contributed by atoms with van der Waals surface area (Å²) in [5.41, 5.74) is 1.49. The van der Waals surface area contributed by atoms with E-state index >= 15 is 0 Å². The molecule has 0 aliphatic heterocycles. The maximum absolute atomic E-state index is 11.9. The van der Waals surface area contributed by atoms with Crippen LogP contribution in [-0.2, 0) is 4.74 Å². The molecule has 8 heteroatoms. The van der Waals surface area contributed by atoms with Crippen molar-refractivity contribution in [1.82, 2.24) is 15.0 Å². The summed E-state index contributed by atoms with van der Waals surface area (Å²) < 4.78 is 11.1. The van der Waals surface area contributed by atoms with E-state index in [-0.39, 0.29) is 0 Å². The van der Waals surface area contributed by atoms with Crippen molar-refractivity contribution in [2.24, 2.45) is 0 Å². The molecule has 150 valence electrons. The van der Waals surface area contributed by atoms with Crippen molar-refractivity contribution >= 4 is 23.4 Å². The number of benzene rings is 1. The number of pyridine rings is 1. The van der Waals surface area contributed by atoms with Gasteiger partial charge in [0.1, 0.15) is 11.4 Å². The Labute approximate surface area is 174 Å². The highest BCUT2D eigenvalue weighted by atomic mass is 35.5. The van der Waals surface area contributed by atoms with Crippen LogP contribution in [0, 0.1) is 6.92 Å². The second-order valence-corrected chi connectivity index (χ2v) is 7.69. The molecule has 29 heavy (non-hydrogen) atoms. The first kappa shape index (κ1) is 20.5. The van der Waals surface area contributed by atoms with Crippen LogP contribution >= 0.6 is 11.6 Å². The van der Waals surface area contributed by atoms with Gasteiger partial charge >= 0.3 is 6.09 Å². The predicted molar refractivity (Wildman–Crippen MR) is 111 cm³/mol. The number of aryl methyl sites for hydroxylation is 1. The molecule has 0 saturated heterocycles. The van der Waals surface area contributed by atoms with Gasteiger partial charge in [0.15, 0.2) is 5.82 Å². The van der Waals surface area contributed by atoms with Crippen molar-refractivity contribution in [2.45, 2.75) is 33.3 Å². The lowest BCUT2D eigenvalue weighted by Gasteiger charge is -2.19. The van der Waals surface area contributed by atoms with Crippen molar-refractivity contribution in [3.8, 4) is 23.0 Å². The Kier molecular flexibility index (Phi) is 5.98. The SMILES string of the molecule is Cc1cc(Oc2ccc(NC(=O)OC(C)(C)C)cc2Cl)nc(-c2ccncc2)n1. The molecule has 7 nitrogen and oxygen atoms in total. The molecule has 0 fully saturated rings. The fraction of sp³-hybridized carbons (Fsp3) is 0.238. The number of carbonyl (C=O) groups excluding carboxylic acids is 1. The monoisotopic (exact) mass is 412 g/mol. The first-order chi connectivity index (χ1) is 13.7. The molecule has 0 bridgehead atoms. The van der Waals surface area contributed by atoms with Crippen molar-refractivity contribution in [3.63, 3.8) is 0 Å². The third-order valence-corrected chi connectivity index (χ3v) is 3.86. The molecule has 2 heterocycles. The number of halogens is 1. The third kappa shape index (κ3) is 5.89. The minimum absolute atomic E-state index is 0.320. The molecule has 0 aliphatic carbocycles. The molecule has 0 saturated carbocycles. The lowest BCUT2D eigenvalue weighted by Crippen LogP contribution is -2.27. The second-order valence-electron chi connectivity index (χ2n) is 7.28. The number of carbonyl (C=O) groups is 1. The number of ether oxygens (including phenoxy) is 2. The van der Waals surface area contributed by atoms with Gasteiger partial charge in [0, 0.05) is 35.4 Å². The van der Waals surface area contributed by atoms with E-state index in [0.717, 1.165) is 11.3 Å². The predicted octanol–water partition coefficient (Wildman–Crippen LogP) is 5.64. The molecule has 2 aromatic heterocycles. The van der Waals surface area contributed by atoms with Gasteiger partial charge in [-0.15, -0.1) is 0 Å². The second kappa shape index (κ2) is 8.45. The van der Waals surface area contributed by atoms with Gasteiger partial charge in [0.25, 0.3) is 0 Å². The molecule has 1 aromatic carbocycles. The summed E-state index contributed by atoms with van der Waals surface area (Å²) in [5.74, 6) is 1.29. The van der Waals surface area contributed by atoms with E-state index in [0.29, 0.717) is 28.2 Å². The maximum Gasteiger partial charge on any atom is 0.412 e. The van der Waals surface area contributed by atoms with E-state index in [9.17, 15) is 4.79 Å². The van der Waals surface area contributed by atoms with Gasteiger partial charge in [-0.05, 0) is 58.0 Å². The van der Waals surface area contributed by atoms with Crippen molar-refractivity contribution in [1.29, 1.82) is 0 Å². The molecule has 1 amide bonds. The summed E-state index contributed by atoms with van der Waals surface area (Å²) in [6.07, 6.45) is 2.79. The molecular weight excluding hydrogens is 392 g/mol. The average Bonchev–Trinajstić information content (AvgIpc) is 2.63. The fourth-order valence-electron chi connectivity index (χ4n) is 2.42. The summed E-state index contributed by atoms with van der Waals surface area (Å²) in [4.78, 5) is 24.8. The minimum atomic E-state index is -0.589. The molecule has 0 aliphatic rings. The van der Waals surface area contributed by atoms with Crippen LogP contribution in [-0.4, -0.2) is 26.6 Å². The van der Waals surface area contributed by atoms with Gasteiger partial charge in [-0.25, -0.2) is 9.78 Å². The number of nitrogens with one attached hydrogen (secondary N) is 1. The third-order valence-electron chi connectivity index (χ3n) is 3.56. The van der Waals surface area contributed by atoms with Crippen LogP contribution in [0.5, 0.6) is 11.6 Å². The molecular formula is C21H21ClN4O3. The van der Waals surface area contributed by atoms with Crippen molar-refractivity contribution < 1.29 is 14.3 Å². The molecule has 1 N–H and O–H groups in total. The smallest absolute Gasteiger partial charge is 0.412 e. The van der Waals surface area contributed by atoms with Crippen LogP contribution in [0.3, 0.4) is 0 Å². The zero-order valence-corrected chi connectivity index (χ0v) is 17.3. The van der Waals surface area contributed by atoms with Crippen LogP contribution in [0.4, 0.5) is 10.5 Å². The van der Waals surface area contributed by atoms with Crippen LogP contribution in [0.1, 0.15) is 26.5 Å². The highest BCUT2D eigenvalue weighted by molar-refractivity contribution is 6.32. The molecule has 3 aromatic rings. The molecule has 0 unspecified atom stereocenters. The lowest BCUT2D eigenvalue weighted by atomic mass is 10.2. The number of hydrogen-bond donors (Lipinski definition) is 1. The summed E-state index contributed by atoms with van der Waals surface area (Å²) >= 11 is 6.32. The number of hydrogen-bond acceptors (Lipinski definition) is 6. The molecule has 0 radical (unpaired) electrons. The fourth-order valence-corrected chi connectivity index (χ4v) is 2.64. The first-order valence-corrected chi connectivity index (χ1v) is 9.31. The number of rotatable bonds is 4.